The average molecular weight is 335 g/mol. The van der Waals surface area contributed by atoms with E-state index in [4.69, 9.17) is 16.3 Å². The molecule has 2 N–H and O–H groups in total. The second kappa shape index (κ2) is 7.02. The number of aryl methyl sites for hydroxylation is 1. The fourth-order valence-corrected chi connectivity index (χ4v) is 2.81. The summed E-state index contributed by atoms with van der Waals surface area (Å²) in [5, 5.41) is 10.6. The van der Waals surface area contributed by atoms with Gasteiger partial charge >= 0.3 is 6.03 Å². The minimum Gasteiger partial charge on any atom is -0.371 e. The molecule has 0 aliphatic carbocycles. The van der Waals surface area contributed by atoms with Gasteiger partial charge in [0.05, 0.1) is 12.2 Å². The monoisotopic (exact) mass is 334 g/mol. The summed E-state index contributed by atoms with van der Waals surface area (Å²) < 4.78 is 7.46. The van der Waals surface area contributed by atoms with Gasteiger partial charge in [0.1, 0.15) is 6.10 Å². The highest BCUT2D eigenvalue weighted by atomic mass is 35.5. The average Bonchev–Trinajstić information content (AvgIpc) is 3.15. The number of amides is 2. The molecule has 2 atom stereocenters. The molecular formula is C16H19ClN4O2. The Balaban J connectivity index is 1.55. The smallest absolute Gasteiger partial charge is 0.315 e. The van der Waals surface area contributed by atoms with E-state index in [9.17, 15) is 4.79 Å². The summed E-state index contributed by atoms with van der Waals surface area (Å²) in [5.74, 6) is 0. The highest BCUT2D eigenvalue weighted by Gasteiger charge is 2.30. The lowest BCUT2D eigenvalue weighted by molar-refractivity contribution is 0.0999. The normalized spacial score (nSPS) is 20.4. The number of benzene rings is 1. The minimum absolute atomic E-state index is 0.0509. The molecule has 1 aliphatic rings. The summed E-state index contributed by atoms with van der Waals surface area (Å²) in [6.07, 6.45) is 4.25. The molecule has 3 rings (SSSR count). The standard InChI is InChI=1S/C16H19ClN4O2/c1-21-10-11(9-19-21)8-18-16(22)20-14-6-7-23-15(14)12-2-4-13(17)5-3-12/h2-5,9-10,14-15H,6-8H2,1H3,(H2,18,20,22)/t14-,15-/m1/s1. The van der Waals surface area contributed by atoms with Crippen molar-refractivity contribution in [1.82, 2.24) is 20.4 Å². The molecule has 2 heterocycles. The van der Waals surface area contributed by atoms with Crippen molar-refractivity contribution in [2.45, 2.75) is 25.1 Å². The third-order valence-electron chi connectivity index (χ3n) is 3.82. The molecule has 0 bridgehead atoms. The van der Waals surface area contributed by atoms with Crippen LogP contribution < -0.4 is 10.6 Å². The topological polar surface area (TPSA) is 68.2 Å². The van der Waals surface area contributed by atoms with Gasteiger partial charge in [-0.1, -0.05) is 23.7 Å². The molecule has 1 aromatic carbocycles. The van der Waals surface area contributed by atoms with Crippen LogP contribution in [0.4, 0.5) is 4.79 Å². The Labute approximate surface area is 139 Å². The van der Waals surface area contributed by atoms with Crippen LogP contribution in [0.25, 0.3) is 0 Å². The summed E-state index contributed by atoms with van der Waals surface area (Å²) in [7, 11) is 1.84. The Hall–Kier alpha value is -2.05. The summed E-state index contributed by atoms with van der Waals surface area (Å²) in [6.45, 7) is 1.07. The van der Waals surface area contributed by atoms with E-state index < -0.39 is 0 Å². The predicted molar refractivity (Wildman–Crippen MR) is 87.1 cm³/mol. The number of hydrogen-bond donors (Lipinski definition) is 2. The molecule has 6 nitrogen and oxygen atoms in total. The first-order valence-electron chi connectivity index (χ1n) is 7.51. The van der Waals surface area contributed by atoms with Crippen molar-refractivity contribution in [2.24, 2.45) is 7.05 Å². The Kier molecular flexibility index (Phi) is 4.83. The zero-order chi connectivity index (χ0) is 16.2. The summed E-state index contributed by atoms with van der Waals surface area (Å²) in [4.78, 5) is 12.1. The molecule has 0 unspecified atom stereocenters. The summed E-state index contributed by atoms with van der Waals surface area (Å²) in [6, 6.07) is 7.27. The maximum Gasteiger partial charge on any atom is 0.315 e. The van der Waals surface area contributed by atoms with Crippen LogP contribution >= 0.6 is 11.6 Å². The van der Waals surface area contributed by atoms with Crippen LogP contribution in [0.15, 0.2) is 36.7 Å². The van der Waals surface area contributed by atoms with E-state index in [0.717, 1.165) is 17.5 Å². The molecule has 7 heteroatoms. The molecule has 23 heavy (non-hydrogen) atoms. The van der Waals surface area contributed by atoms with Crippen LogP contribution in [0.2, 0.25) is 5.02 Å². The lowest BCUT2D eigenvalue weighted by Crippen LogP contribution is -2.43. The number of carbonyl (C=O) groups is 1. The predicted octanol–water partition coefficient (Wildman–Crippen LogP) is 2.40. The molecule has 0 spiro atoms. The summed E-state index contributed by atoms with van der Waals surface area (Å²) in [5.41, 5.74) is 1.98. The second-order valence-corrected chi connectivity index (χ2v) is 6.02. The molecule has 0 saturated carbocycles. The van der Waals surface area contributed by atoms with Gasteiger partial charge in [-0.25, -0.2) is 4.79 Å². The van der Waals surface area contributed by atoms with E-state index in [1.54, 1.807) is 10.9 Å². The Bertz CT molecular complexity index is 671. The number of halogens is 1. The van der Waals surface area contributed by atoms with Gasteiger partial charge in [-0.05, 0) is 24.1 Å². The van der Waals surface area contributed by atoms with Gasteiger partial charge in [-0.3, -0.25) is 4.68 Å². The molecule has 1 fully saturated rings. The largest absolute Gasteiger partial charge is 0.371 e. The van der Waals surface area contributed by atoms with Crippen molar-refractivity contribution in [3.63, 3.8) is 0 Å². The first kappa shape index (κ1) is 15.8. The van der Waals surface area contributed by atoms with Crippen molar-refractivity contribution in [2.75, 3.05) is 6.61 Å². The number of aromatic nitrogens is 2. The van der Waals surface area contributed by atoms with E-state index >= 15 is 0 Å². The molecule has 122 valence electrons. The van der Waals surface area contributed by atoms with Gasteiger partial charge < -0.3 is 15.4 Å². The van der Waals surface area contributed by atoms with Gasteiger partial charge in [0, 0.05) is 37.0 Å². The first-order valence-corrected chi connectivity index (χ1v) is 7.88. The highest BCUT2D eigenvalue weighted by Crippen LogP contribution is 2.29. The number of rotatable bonds is 4. The molecule has 0 radical (unpaired) electrons. The van der Waals surface area contributed by atoms with Gasteiger partial charge in [0.25, 0.3) is 0 Å². The maximum atomic E-state index is 12.1. The molecule has 2 aromatic rings. The SMILES string of the molecule is Cn1cc(CNC(=O)N[C@@H]2CCO[C@@H]2c2ccc(Cl)cc2)cn1. The highest BCUT2D eigenvalue weighted by molar-refractivity contribution is 6.30. The van der Waals surface area contributed by atoms with E-state index in [-0.39, 0.29) is 18.2 Å². The molecular weight excluding hydrogens is 316 g/mol. The van der Waals surface area contributed by atoms with Gasteiger partial charge in [0.15, 0.2) is 0 Å². The van der Waals surface area contributed by atoms with Crippen molar-refractivity contribution in [3.05, 3.63) is 52.8 Å². The fourth-order valence-electron chi connectivity index (χ4n) is 2.68. The van der Waals surface area contributed by atoms with Crippen molar-refractivity contribution >= 4 is 17.6 Å². The Morgan fingerprint density at radius 2 is 2.22 bits per heavy atom. The third kappa shape index (κ3) is 4.03. The molecule has 2 amide bonds. The number of carbonyl (C=O) groups excluding carboxylic acids is 1. The Morgan fingerprint density at radius 3 is 2.91 bits per heavy atom. The minimum atomic E-state index is -0.205. The summed E-state index contributed by atoms with van der Waals surface area (Å²) >= 11 is 5.91. The van der Waals surface area contributed by atoms with Gasteiger partial charge in [-0.15, -0.1) is 0 Å². The van der Waals surface area contributed by atoms with E-state index in [1.165, 1.54) is 0 Å². The second-order valence-electron chi connectivity index (χ2n) is 5.59. The quantitative estimate of drug-likeness (QED) is 0.902. The number of hydrogen-bond acceptors (Lipinski definition) is 3. The lowest BCUT2D eigenvalue weighted by Gasteiger charge is -2.20. The Morgan fingerprint density at radius 1 is 1.43 bits per heavy atom. The van der Waals surface area contributed by atoms with Crippen molar-refractivity contribution < 1.29 is 9.53 Å². The number of ether oxygens (including phenoxy) is 1. The zero-order valence-corrected chi connectivity index (χ0v) is 13.6. The van der Waals surface area contributed by atoms with E-state index in [1.807, 2.05) is 37.5 Å². The molecule has 1 saturated heterocycles. The number of nitrogens with zero attached hydrogens (tertiary/aromatic N) is 2. The lowest BCUT2D eigenvalue weighted by atomic mass is 10.0. The van der Waals surface area contributed by atoms with E-state index in [2.05, 4.69) is 15.7 Å². The van der Waals surface area contributed by atoms with Crippen LogP contribution in [0.3, 0.4) is 0 Å². The van der Waals surface area contributed by atoms with Crippen LogP contribution in [0.1, 0.15) is 23.7 Å². The third-order valence-corrected chi connectivity index (χ3v) is 4.07. The van der Waals surface area contributed by atoms with Gasteiger partial charge in [-0.2, -0.15) is 5.10 Å². The molecule has 1 aliphatic heterocycles. The van der Waals surface area contributed by atoms with Crippen LogP contribution in [0.5, 0.6) is 0 Å². The zero-order valence-electron chi connectivity index (χ0n) is 12.8. The van der Waals surface area contributed by atoms with Crippen LogP contribution in [0, 0.1) is 0 Å². The number of nitrogens with one attached hydrogen (secondary N) is 2. The fraction of sp³-hybridized carbons (Fsp3) is 0.375. The van der Waals surface area contributed by atoms with Crippen molar-refractivity contribution in [3.8, 4) is 0 Å². The first-order chi connectivity index (χ1) is 11.1. The van der Waals surface area contributed by atoms with Gasteiger partial charge in [0.2, 0.25) is 0 Å². The van der Waals surface area contributed by atoms with Crippen molar-refractivity contribution in [1.29, 1.82) is 0 Å². The molecule has 1 aromatic heterocycles. The van der Waals surface area contributed by atoms with E-state index in [0.29, 0.717) is 18.2 Å². The van der Waals surface area contributed by atoms with Crippen LogP contribution in [-0.4, -0.2) is 28.5 Å². The van der Waals surface area contributed by atoms with Crippen LogP contribution in [-0.2, 0) is 18.3 Å². The number of urea groups is 1. The maximum absolute atomic E-state index is 12.1.